The number of benzene rings is 2. The molecule has 0 aromatic heterocycles. The summed E-state index contributed by atoms with van der Waals surface area (Å²) in [6.45, 7) is 7.27. The molecule has 3 amide bonds. The van der Waals surface area contributed by atoms with E-state index in [-0.39, 0.29) is 62.2 Å². The number of anilines is 1. The van der Waals surface area contributed by atoms with E-state index in [4.69, 9.17) is 14.7 Å². The number of fused-ring (bicyclic) bond motifs is 1. The highest BCUT2D eigenvalue weighted by atomic mass is 32.2. The molecule has 1 atom stereocenters. The largest absolute Gasteiger partial charge is 0.363 e. The molecule has 23 heteroatoms. The van der Waals surface area contributed by atoms with Crippen LogP contribution >= 0.6 is 0 Å². The van der Waals surface area contributed by atoms with Gasteiger partial charge in [-0.05, 0) is 92.8 Å². The third-order valence-electron chi connectivity index (χ3n) is 11.5. The topological polar surface area (TPSA) is 284 Å². The molecule has 5 rings (SSSR count). The molecule has 3 heterocycles. The molecule has 3 aliphatic rings. The van der Waals surface area contributed by atoms with Crippen LogP contribution in [0.1, 0.15) is 74.9 Å². The van der Waals surface area contributed by atoms with Gasteiger partial charge in [0.05, 0.1) is 34.8 Å². The second-order valence-corrected chi connectivity index (χ2v) is 21.2. The number of aliphatic imine (C=N–C) groups is 2. The number of imide groups is 1. The maximum atomic E-state index is 13.1. The fourth-order valence-corrected chi connectivity index (χ4v) is 9.30. The van der Waals surface area contributed by atoms with Crippen molar-refractivity contribution in [2.75, 3.05) is 43.7 Å². The van der Waals surface area contributed by atoms with Crippen LogP contribution in [0.4, 0.5) is 5.69 Å². The average Bonchev–Trinajstić information content (AvgIpc) is 3.79. The summed E-state index contributed by atoms with van der Waals surface area (Å²) in [5.74, 6) is -3.52. The van der Waals surface area contributed by atoms with E-state index in [1.54, 1.807) is 66.5 Å². The minimum absolute atomic E-state index is 0.000969. The summed E-state index contributed by atoms with van der Waals surface area (Å²) in [5.41, 5.74) is 1.55. The summed E-state index contributed by atoms with van der Waals surface area (Å²) < 4.78 is 100. The lowest BCUT2D eigenvalue weighted by Gasteiger charge is -2.30. The van der Waals surface area contributed by atoms with Gasteiger partial charge >= 0.3 is 5.97 Å². The first-order valence-corrected chi connectivity index (χ1v) is 25.7. The molecule has 366 valence electrons. The van der Waals surface area contributed by atoms with Crippen molar-refractivity contribution >= 4 is 71.3 Å². The monoisotopic (exact) mass is 999 g/mol. The fourth-order valence-electron chi connectivity index (χ4n) is 7.81. The van der Waals surface area contributed by atoms with Gasteiger partial charge in [0, 0.05) is 66.3 Å². The molecule has 0 radical (unpaired) electrons. The van der Waals surface area contributed by atoms with Gasteiger partial charge in [-0.1, -0.05) is 50.3 Å². The van der Waals surface area contributed by atoms with Gasteiger partial charge < -0.3 is 9.74 Å². The molecular formula is C45H53N5O15S3. The first-order valence-electron chi connectivity index (χ1n) is 21.1. The van der Waals surface area contributed by atoms with Gasteiger partial charge in [0.1, 0.15) is 0 Å². The Morgan fingerprint density at radius 1 is 0.897 bits per heavy atom. The number of rotatable bonds is 19. The van der Waals surface area contributed by atoms with Crippen LogP contribution in [0.25, 0.3) is 0 Å². The van der Waals surface area contributed by atoms with Gasteiger partial charge in [-0.15, -0.1) is 5.06 Å². The molecule has 1 fully saturated rings. The Labute approximate surface area is 395 Å². The van der Waals surface area contributed by atoms with Crippen molar-refractivity contribution in [3.05, 3.63) is 119 Å². The molecule has 2 aromatic rings. The predicted octanol–water partition coefficient (Wildman–Crippen LogP) is 4.80. The van der Waals surface area contributed by atoms with Gasteiger partial charge in [-0.25, -0.2) is 14.9 Å². The average molecular weight is 1000 g/mol. The Bertz CT molecular complexity index is 2900. The van der Waals surface area contributed by atoms with Gasteiger partial charge in [-0.3, -0.25) is 37.9 Å². The van der Waals surface area contributed by atoms with Gasteiger partial charge in [0.25, 0.3) is 48.1 Å². The first-order chi connectivity index (χ1) is 31.7. The molecule has 0 saturated carbocycles. The summed E-state index contributed by atoms with van der Waals surface area (Å²) in [6, 6.07) is 10.1. The zero-order chi connectivity index (χ0) is 50.4. The van der Waals surface area contributed by atoms with Crippen LogP contribution in [-0.2, 0) is 66.2 Å². The van der Waals surface area contributed by atoms with Crippen molar-refractivity contribution in [2.24, 2.45) is 15.4 Å². The van der Waals surface area contributed by atoms with Crippen molar-refractivity contribution < 1.29 is 67.8 Å². The maximum Gasteiger partial charge on any atom is 0.363 e. The molecule has 1 saturated heterocycles. The third-order valence-corrected chi connectivity index (χ3v) is 13.9. The van der Waals surface area contributed by atoms with E-state index in [0.717, 1.165) is 5.06 Å². The van der Waals surface area contributed by atoms with Crippen LogP contribution in [0.15, 0.2) is 117 Å². The minimum atomic E-state index is -4.69. The van der Waals surface area contributed by atoms with Crippen LogP contribution in [0.5, 0.6) is 0 Å². The SMILES string of the molecule is C/C=C(\C=C1C(=NCCCS(=O)(=O)O)N=C(/C=C/C=C/C=C2/N(CCCS(=O)(=O)O)c3ccc(S(=O)(=O)O)cc3C2(C)Cc2ccc(C(=O)ON3C(=O)CCC3=O)cc2)C1(C)C)C(=O)N(C)OC. The summed E-state index contributed by atoms with van der Waals surface area (Å²) in [7, 11) is -10.5. The number of amidine groups is 1. The number of hydrogen-bond acceptors (Lipinski definition) is 14. The van der Waals surface area contributed by atoms with Crippen molar-refractivity contribution in [1.29, 1.82) is 0 Å². The number of amides is 3. The predicted molar refractivity (Wildman–Crippen MR) is 251 cm³/mol. The van der Waals surface area contributed by atoms with Crippen LogP contribution in [0.3, 0.4) is 0 Å². The second-order valence-electron chi connectivity index (χ2n) is 16.7. The maximum absolute atomic E-state index is 13.1. The standard InChI is InChI=1S/C45H53N5O15S3/c1-7-31(42(53)48(5)64-6)27-35-41(46-23-11-25-66(55,56)57)47-37(44(35,2)3)13-9-8-10-14-38-45(4,29-30-15-17-32(18-16-30)43(54)65-50-39(51)21-22-40(50)52)34-28-33(68(61,62)63)19-20-36(34)49(38)24-12-26-67(58,59)60/h7-10,13-20,27-28H,11-12,21-26,29H2,1-6H3,(H,55,56,57)(H,58,59,60)(H,61,62,63)/b10-8+,13-9+,31-7+,35-27?,38-14+,46-41?. The summed E-state index contributed by atoms with van der Waals surface area (Å²) in [4.78, 5) is 70.8. The molecule has 3 N–H and O–H groups in total. The molecular weight excluding hydrogens is 947 g/mol. The van der Waals surface area contributed by atoms with E-state index in [2.05, 4.69) is 4.99 Å². The number of likely N-dealkylation sites (N-methyl/N-ethyl adjacent to an activating group) is 1. The van der Waals surface area contributed by atoms with E-state index in [0.29, 0.717) is 38.9 Å². The lowest BCUT2D eigenvalue weighted by Crippen LogP contribution is -2.32. The van der Waals surface area contributed by atoms with Gasteiger partial charge in [-0.2, -0.15) is 25.3 Å². The number of allylic oxidation sites excluding steroid dienone is 7. The summed E-state index contributed by atoms with van der Waals surface area (Å²) in [5, 5.41) is 1.49. The van der Waals surface area contributed by atoms with E-state index < -0.39 is 81.3 Å². The highest BCUT2D eigenvalue weighted by Gasteiger charge is 2.44. The Kier molecular flexibility index (Phi) is 16.5. The van der Waals surface area contributed by atoms with Crippen LogP contribution in [0.2, 0.25) is 0 Å². The van der Waals surface area contributed by atoms with Crippen LogP contribution in [-0.4, -0.2) is 123 Å². The molecule has 20 nitrogen and oxygen atoms in total. The van der Waals surface area contributed by atoms with Crippen molar-refractivity contribution in [3.63, 3.8) is 0 Å². The molecule has 0 spiro atoms. The van der Waals surface area contributed by atoms with Gasteiger partial charge in [0.2, 0.25) is 0 Å². The molecule has 68 heavy (non-hydrogen) atoms. The fraction of sp³-hybridized carbons (Fsp3) is 0.378. The van der Waals surface area contributed by atoms with Crippen LogP contribution < -0.4 is 4.90 Å². The van der Waals surface area contributed by atoms with E-state index in [1.807, 2.05) is 20.8 Å². The number of carbonyl (C=O) groups excluding carboxylic acids is 4. The summed E-state index contributed by atoms with van der Waals surface area (Å²) in [6.07, 6.45) is 11.7. The Hall–Kier alpha value is -5.95. The zero-order valence-corrected chi connectivity index (χ0v) is 40.6. The van der Waals surface area contributed by atoms with Gasteiger partial charge in [0.15, 0.2) is 5.84 Å². The first kappa shape index (κ1) is 53.0. The molecule has 1 unspecified atom stereocenters. The number of hydrogen-bond donors (Lipinski definition) is 3. The lowest BCUT2D eigenvalue weighted by molar-refractivity contribution is -0.172. The quantitative estimate of drug-likeness (QED) is 0.0426. The second kappa shape index (κ2) is 21.1. The third kappa shape index (κ3) is 12.8. The Morgan fingerprint density at radius 2 is 1.53 bits per heavy atom. The number of nitrogens with zero attached hydrogens (tertiary/aromatic N) is 5. The molecule has 2 aromatic carbocycles. The van der Waals surface area contributed by atoms with Crippen molar-refractivity contribution in [2.45, 2.75) is 70.1 Å². The number of hydroxylamine groups is 4. The van der Waals surface area contributed by atoms with Crippen molar-refractivity contribution in [1.82, 2.24) is 10.1 Å². The Morgan fingerprint density at radius 3 is 2.12 bits per heavy atom. The summed E-state index contributed by atoms with van der Waals surface area (Å²) >= 11 is 0. The minimum Gasteiger partial charge on any atom is -0.344 e. The van der Waals surface area contributed by atoms with Crippen LogP contribution in [0, 0.1) is 5.41 Å². The normalized spacial score (nSPS) is 20.7. The molecule has 0 aliphatic carbocycles. The lowest BCUT2D eigenvalue weighted by atomic mass is 9.76. The highest BCUT2D eigenvalue weighted by molar-refractivity contribution is 7.86. The highest BCUT2D eigenvalue weighted by Crippen LogP contribution is 2.50. The number of carbonyl (C=O) groups is 4. The molecule has 3 aliphatic heterocycles. The smallest absolute Gasteiger partial charge is 0.344 e. The molecule has 0 bridgehead atoms. The van der Waals surface area contributed by atoms with E-state index in [1.165, 1.54) is 44.5 Å². The van der Waals surface area contributed by atoms with E-state index in [9.17, 15) is 58.1 Å². The van der Waals surface area contributed by atoms with Crippen molar-refractivity contribution in [3.8, 4) is 0 Å². The zero-order valence-electron chi connectivity index (χ0n) is 38.1. The Balaban J connectivity index is 1.54. The van der Waals surface area contributed by atoms with E-state index >= 15 is 0 Å².